The van der Waals surface area contributed by atoms with Crippen LogP contribution in [0.3, 0.4) is 0 Å². The van der Waals surface area contributed by atoms with Crippen molar-refractivity contribution in [3.8, 4) is 17.1 Å². The van der Waals surface area contributed by atoms with E-state index in [-0.39, 0.29) is 5.56 Å². The molecule has 0 aliphatic rings. The molecule has 0 saturated heterocycles. The number of fused-ring (bicyclic) bond motifs is 1. The third kappa shape index (κ3) is 4.13. The Morgan fingerprint density at radius 2 is 1.90 bits per heavy atom. The fourth-order valence-corrected chi connectivity index (χ4v) is 3.11. The molecular formula is C22H23N5O2. The van der Waals surface area contributed by atoms with E-state index < -0.39 is 0 Å². The maximum absolute atomic E-state index is 12.5. The lowest BCUT2D eigenvalue weighted by Crippen LogP contribution is -2.17. The first-order chi connectivity index (χ1) is 14.2. The SMILES string of the molecule is CCOc1ccc(NCc2cc(=O)n3[nH]c(-c4cccc(CC)c4)nc3n2)cc1. The van der Waals surface area contributed by atoms with Gasteiger partial charge in [0.1, 0.15) is 5.75 Å². The summed E-state index contributed by atoms with van der Waals surface area (Å²) in [7, 11) is 0. The number of aromatic amines is 1. The lowest BCUT2D eigenvalue weighted by atomic mass is 10.1. The highest BCUT2D eigenvalue weighted by molar-refractivity contribution is 5.58. The Morgan fingerprint density at radius 1 is 1.07 bits per heavy atom. The molecule has 7 heteroatoms. The lowest BCUT2D eigenvalue weighted by molar-refractivity contribution is 0.340. The van der Waals surface area contributed by atoms with Crippen molar-refractivity contribution in [2.75, 3.05) is 11.9 Å². The number of aryl methyl sites for hydroxylation is 1. The number of nitrogens with zero attached hydrogens (tertiary/aromatic N) is 3. The topological polar surface area (TPSA) is 84.3 Å². The van der Waals surface area contributed by atoms with Gasteiger partial charge in [-0.3, -0.25) is 9.89 Å². The molecule has 4 aromatic rings. The molecule has 0 bridgehead atoms. The van der Waals surface area contributed by atoms with Crippen LogP contribution in [0.4, 0.5) is 5.69 Å². The molecule has 0 aliphatic carbocycles. The Morgan fingerprint density at radius 3 is 2.66 bits per heavy atom. The van der Waals surface area contributed by atoms with Crippen LogP contribution in [0, 0.1) is 0 Å². The zero-order valence-corrected chi connectivity index (χ0v) is 16.5. The van der Waals surface area contributed by atoms with Crippen molar-refractivity contribution < 1.29 is 4.74 Å². The van der Waals surface area contributed by atoms with E-state index in [1.54, 1.807) is 0 Å². The van der Waals surface area contributed by atoms with Crippen LogP contribution in [0.15, 0.2) is 59.4 Å². The third-order valence-corrected chi connectivity index (χ3v) is 4.63. The van der Waals surface area contributed by atoms with Crippen LogP contribution in [-0.2, 0) is 13.0 Å². The number of aromatic nitrogens is 4. The van der Waals surface area contributed by atoms with E-state index in [1.807, 2.05) is 43.3 Å². The van der Waals surface area contributed by atoms with Gasteiger partial charge in [0, 0.05) is 17.3 Å². The molecule has 2 heterocycles. The van der Waals surface area contributed by atoms with Gasteiger partial charge >= 0.3 is 0 Å². The van der Waals surface area contributed by atoms with E-state index in [0.717, 1.165) is 23.4 Å². The molecule has 0 unspecified atom stereocenters. The second kappa shape index (κ2) is 8.18. The normalized spacial score (nSPS) is 11.0. The van der Waals surface area contributed by atoms with Gasteiger partial charge in [0.15, 0.2) is 5.82 Å². The molecule has 0 aliphatic heterocycles. The van der Waals surface area contributed by atoms with Gasteiger partial charge in [-0.15, -0.1) is 0 Å². The third-order valence-electron chi connectivity index (χ3n) is 4.63. The fraction of sp³-hybridized carbons (Fsp3) is 0.227. The average molecular weight is 389 g/mol. The Hall–Kier alpha value is -3.61. The number of hydrogen-bond acceptors (Lipinski definition) is 5. The fourth-order valence-electron chi connectivity index (χ4n) is 3.11. The highest BCUT2D eigenvalue weighted by Gasteiger charge is 2.10. The first-order valence-electron chi connectivity index (χ1n) is 9.71. The predicted molar refractivity (Wildman–Crippen MR) is 113 cm³/mol. The van der Waals surface area contributed by atoms with E-state index in [1.165, 1.54) is 16.1 Å². The Balaban J connectivity index is 1.56. The molecule has 0 saturated carbocycles. The van der Waals surface area contributed by atoms with E-state index in [9.17, 15) is 4.79 Å². The van der Waals surface area contributed by atoms with Gasteiger partial charge in [-0.05, 0) is 49.2 Å². The molecule has 0 fully saturated rings. The number of nitrogens with one attached hydrogen (secondary N) is 2. The highest BCUT2D eigenvalue weighted by Crippen LogP contribution is 2.18. The summed E-state index contributed by atoms with van der Waals surface area (Å²) < 4.78 is 6.81. The summed E-state index contributed by atoms with van der Waals surface area (Å²) in [6, 6.07) is 17.3. The molecule has 0 spiro atoms. The van der Waals surface area contributed by atoms with E-state index in [2.05, 4.69) is 39.4 Å². The Kier molecular flexibility index (Phi) is 5.29. The van der Waals surface area contributed by atoms with Gasteiger partial charge in [0.2, 0.25) is 0 Å². The first kappa shape index (κ1) is 18.7. The summed E-state index contributed by atoms with van der Waals surface area (Å²) in [5, 5.41) is 6.32. The van der Waals surface area contributed by atoms with Crippen molar-refractivity contribution >= 4 is 11.5 Å². The summed E-state index contributed by atoms with van der Waals surface area (Å²) in [5.74, 6) is 1.81. The smallest absolute Gasteiger partial charge is 0.274 e. The van der Waals surface area contributed by atoms with Gasteiger partial charge in [0.05, 0.1) is 18.8 Å². The summed E-state index contributed by atoms with van der Waals surface area (Å²) >= 11 is 0. The molecule has 2 aromatic carbocycles. The van der Waals surface area contributed by atoms with Gasteiger partial charge in [-0.2, -0.15) is 9.50 Å². The van der Waals surface area contributed by atoms with Crippen LogP contribution in [0.25, 0.3) is 17.2 Å². The molecular weight excluding hydrogens is 366 g/mol. The average Bonchev–Trinajstić information content (AvgIpc) is 3.18. The van der Waals surface area contributed by atoms with E-state index in [4.69, 9.17) is 4.74 Å². The van der Waals surface area contributed by atoms with Gasteiger partial charge in [-0.1, -0.05) is 25.1 Å². The molecule has 7 nitrogen and oxygen atoms in total. The van der Waals surface area contributed by atoms with Crippen molar-refractivity contribution in [2.45, 2.75) is 26.8 Å². The Labute approximate surface area is 168 Å². The summed E-state index contributed by atoms with van der Waals surface area (Å²) in [4.78, 5) is 21.5. The minimum atomic E-state index is -0.191. The summed E-state index contributed by atoms with van der Waals surface area (Å²) in [5.41, 5.74) is 3.51. The van der Waals surface area contributed by atoms with Crippen molar-refractivity contribution in [3.05, 3.63) is 76.2 Å². The van der Waals surface area contributed by atoms with Gasteiger partial charge in [0.25, 0.3) is 11.3 Å². The molecule has 0 radical (unpaired) electrons. The number of benzene rings is 2. The molecule has 0 atom stereocenters. The van der Waals surface area contributed by atoms with Crippen LogP contribution in [0.5, 0.6) is 5.75 Å². The van der Waals surface area contributed by atoms with Crippen molar-refractivity contribution in [2.24, 2.45) is 0 Å². The summed E-state index contributed by atoms with van der Waals surface area (Å²) in [6.45, 7) is 5.11. The van der Waals surface area contributed by atoms with Gasteiger partial charge < -0.3 is 10.1 Å². The number of ether oxygens (including phenoxy) is 1. The molecule has 2 N–H and O–H groups in total. The maximum Gasteiger partial charge on any atom is 0.274 e. The minimum absolute atomic E-state index is 0.191. The number of rotatable bonds is 7. The quantitative estimate of drug-likeness (QED) is 0.504. The van der Waals surface area contributed by atoms with Crippen molar-refractivity contribution in [3.63, 3.8) is 0 Å². The van der Waals surface area contributed by atoms with E-state index >= 15 is 0 Å². The molecule has 148 valence electrons. The van der Waals surface area contributed by atoms with E-state index in [0.29, 0.717) is 30.4 Å². The standard InChI is InChI=1S/C22H23N5O2/c1-3-15-6-5-7-16(12-15)21-25-22-24-18(13-20(28)27(22)26-21)14-23-17-8-10-19(11-9-17)29-4-2/h5-13,23H,3-4,14H2,1-2H3,(H,24,25,26). The van der Waals surface area contributed by atoms with Crippen LogP contribution in [0.2, 0.25) is 0 Å². The number of H-pyrrole nitrogens is 1. The predicted octanol–water partition coefficient (Wildman–Crippen LogP) is 3.66. The summed E-state index contributed by atoms with van der Waals surface area (Å²) in [6.07, 6.45) is 0.938. The maximum atomic E-state index is 12.5. The minimum Gasteiger partial charge on any atom is -0.494 e. The van der Waals surface area contributed by atoms with Crippen molar-refractivity contribution in [1.29, 1.82) is 0 Å². The largest absolute Gasteiger partial charge is 0.494 e. The first-order valence-corrected chi connectivity index (χ1v) is 9.71. The number of hydrogen-bond donors (Lipinski definition) is 2. The second-order valence-corrected chi connectivity index (χ2v) is 6.66. The monoisotopic (exact) mass is 389 g/mol. The van der Waals surface area contributed by atoms with Crippen LogP contribution < -0.4 is 15.6 Å². The van der Waals surface area contributed by atoms with Crippen LogP contribution >= 0.6 is 0 Å². The van der Waals surface area contributed by atoms with Crippen LogP contribution in [0.1, 0.15) is 25.1 Å². The molecule has 0 amide bonds. The Bertz CT molecular complexity index is 1180. The lowest BCUT2D eigenvalue weighted by Gasteiger charge is -2.07. The molecule has 4 rings (SSSR count). The molecule has 29 heavy (non-hydrogen) atoms. The zero-order chi connectivity index (χ0) is 20.2. The van der Waals surface area contributed by atoms with Crippen molar-refractivity contribution in [1.82, 2.24) is 19.6 Å². The second-order valence-electron chi connectivity index (χ2n) is 6.66. The zero-order valence-electron chi connectivity index (χ0n) is 16.5. The van der Waals surface area contributed by atoms with Crippen LogP contribution in [-0.4, -0.2) is 26.2 Å². The molecule has 2 aromatic heterocycles. The number of anilines is 1. The van der Waals surface area contributed by atoms with Gasteiger partial charge in [-0.25, -0.2) is 4.98 Å². The highest BCUT2D eigenvalue weighted by atomic mass is 16.5.